The number of benzene rings is 1. The van der Waals surface area contributed by atoms with Gasteiger partial charge in [0, 0.05) is 0 Å². The van der Waals surface area contributed by atoms with Crippen LogP contribution in [0.1, 0.15) is 5.56 Å². The van der Waals surface area contributed by atoms with E-state index in [0.29, 0.717) is 0 Å². The molecule has 0 fully saturated rings. The Morgan fingerprint density at radius 1 is 1.45 bits per heavy atom. The molecule has 0 atom stereocenters. The van der Waals surface area contributed by atoms with Crippen LogP contribution in [-0.4, -0.2) is 0 Å². The van der Waals surface area contributed by atoms with Gasteiger partial charge in [0.25, 0.3) is 0 Å². The van der Waals surface area contributed by atoms with E-state index in [4.69, 9.17) is 11.0 Å². The second-order valence-corrected chi connectivity index (χ2v) is 1.81. The van der Waals surface area contributed by atoms with Crippen LogP contribution in [0, 0.1) is 17.1 Å². The average Bonchev–Trinajstić information content (AvgIpc) is 1.88. The van der Waals surface area contributed by atoms with Crippen LogP contribution < -0.4 is 58.2 Å². The Hall–Kier alpha value is 0.245. The monoisotopic (exact) mass is 220 g/mol. The van der Waals surface area contributed by atoms with E-state index in [1.165, 1.54) is 12.1 Å². The molecule has 0 bridgehead atoms. The molecule has 50 valence electrons. The molecule has 0 spiro atoms. The van der Waals surface area contributed by atoms with E-state index < -0.39 is 5.82 Å². The molecule has 1 rings (SSSR count). The van der Waals surface area contributed by atoms with Crippen molar-refractivity contribution >= 4 is 5.69 Å². The third kappa shape index (κ3) is 3.00. The minimum absolute atomic E-state index is 0. The number of halogens is 1. The van der Waals surface area contributed by atoms with Crippen LogP contribution in [0.4, 0.5) is 10.1 Å². The molecule has 0 amide bonds. The SMILES string of the molecule is N#Cc1ccc([NH-])cc1F.[Rb+]. The third-order valence-corrected chi connectivity index (χ3v) is 1.09. The van der Waals surface area contributed by atoms with Gasteiger partial charge >= 0.3 is 58.2 Å². The van der Waals surface area contributed by atoms with Crippen molar-refractivity contribution in [1.82, 2.24) is 0 Å². The smallest absolute Gasteiger partial charge is 0.699 e. The van der Waals surface area contributed by atoms with Gasteiger partial charge in [0.2, 0.25) is 0 Å². The van der Waals surface area contributed by atoms with Gasteiger partial charge in [-0.1, -0.05) is 6.07 Å². The molecule has 0 aromatic heterocycles. The Kier molecular flexibility index (Phi) is 5.10. The van der Waals surface area contributed by atoms with Crippen molar-refractivity contribution in [2.45, 2.75) is 0 Å². The molecule has 1 aromatic rings. The molecule has 0 heterocycles. The molecule has 0 aliphatic heterocycles. The Labute approximate surface area is 113 Å². The zero-order valence-corrected chi connectivity index (χ0v) is 11.0. The Balaban J connectivity index is 0.000001000. The number of hydrogen-bond acceptors (Lipinski definition) is 1. The van der Waals surface area contributed by atoms with E-state index in [-0.39, 0.29) is 69.4 Å². The minimum atomic E-state index is -0.630. The van der Waals surface area contributed by atoms with Crippen molar-refractivity contribution in [2.24, 2.45) is 0 Å². The molecular formula is C7H4FN2Rb. The maximum atomic E-state index is 12.5. The normalized spacial score (nSPS) is 8.00. The maximum absolute atomic E-state index is 12.5. The standard InChI is InChI=1S/C7H4FN2.Rb/c8-7-3-6(10)2-1-5(7)4-9;/h1-3,10H;/q-1;+1. The van der Waals surface area contributed by atoms with E-state index >= 15 is 0 Å². The molecule has 1 N–H and O–H groups in total. The molecule has 2 nitrogen and oxygen atoms in total. The molecule has 0 radical (unpaired) electrons. The van der Waals surface area contributed by atoms with E-state index in [2.05, 4.69) is 0 Å². The van der Waals surface area contributed by atoms with Crippen LogP contribution >= 0.6 is 0 Å². The first-order chi connectivity index (χ1) is 4.74. The number of nitrogens with zero attached hydrogens (tertiary/aromatic N) is 1. The molecule has 0 saturated carbocycles. The van der Waals surface area contributed by atoms with Crippen molar-refractivity contribution in [2.75, 3.05) is 0 Å². The van der Waals surface area contributed by atoms with Crippen LogP contribution in [0.25, 0.3) is 5.73 Å². The summed E-state index contributed by atoms with van der Waals surface area (Å²) in [7, 11) is 0. The summed E-state index contributed by atoms with van der Waals surface area (Å²) in [6.07, 6.45) is 0. The summed E-state index contributed by atoms with van der Waals surface area (Å²) in [5.74, 6) is -0.630. The molecule has 0 saturated heterocycles. The largest absolute Gasteiger partial charge is 1.00 e. The predicted octanol–water partition coefficient (Wildman–Crippen LogP) is -0.615. The van der Waals surface area contributed by atoms with Gasteiger partial charge in [-0.25, -0.2) is 4.39 Å². The number of hydrogen-bond donors (Lipinski definition) is 0. The van der Waals surface area contributed by atoms with Crippen molar-refractivity contribution in [1.29, 1.82) is 5.26 Å². The first-order valence-electron chi connectivity index (χ1n) is 2.65. The molecule has 11 heavy (non-hydrogen) atoms. The topological polar surface area (TPSA) is 47.6 Å². The maximum Gasteiger partial charge on any atom is 1.00 e. The Morgan fingerprint density at radius 2 is 2.09 bits per heavy atom. The van der Waals surface area contributed by atoms with E-state index in [9.17, 15) is 4.39 Å². The summed E-state index contributed by atoms with van der Waals surface area (Å²) < 4.78 is 12.5. The van der Waals surface area contributed by atoms with Gasteiger partial charge in [-0.3, -0.25) is 0 Å². The van der Waals surface area contributed by atoms with Crippen LogP contribution in [-0.2, 0) is 0 Å². The second-order valence-electron chi connectivity index (χ2n) is 1.81. The van der Waals surface area contributed by atoms with Crippen molar-refractivity contribution in [3.63, 3.8) is 0 Å². The fourth-order valence-electron chi connectivity index (χ4n) is 0.606. The first kappa shape index (κ1) is 11.2. The second kappa shape index (κ2) is 4.99. The quantitative estimate of drug-likeness (QED) is 0.575. The van der Waals surface area contributed by atoms with E-state index in [1.807, 2.05) is 0 Å². The fourth-order valence-corrected chi connectivity index (χ4v) is 0.606. The molecule has 0 aliphatic carbocycles. The van der Waals surface area contributed by atoms with Crippen LogP contribution in [0.3, 0.4) is 0 Å². The first-order valence-corrected chi connectivity index (χ1v) is 2.65. The number of rotatable bonds is 0. The van der Waals surface area contributed by atoms with Crippen LogP contribution in [0.15, 0.2) is 18.2 Å². The summed E-state index contributed by atoms with van der Waals surface area (Å²) in [5, 5.41) is 8.26. The molecular weight excluding hydrogens is 217 g/mol. The summed E-state index contributed by atoms with van der Waals surface area (Å²) in [5.41, 5.74) is 7.02. The van der Waals surface area contributed by atoms with Gasteiger partial charge in [0.1, 0.15) is 11.9 Å². The molecule has 4 heteroatoms. The average molecular weight is 221 g/mol. The van der Waals surface area contributed by atoms with Gasteiger partial charge in [0.15, 0.2) is 0 Å². The summed E-state index contributed by atoms with van der Waals surface area (Å²) in [4.78, 5) is 0. The van der Waals surface area contributed by atoms with Crippen LogP contribution in [0.2, 0.25) is 0 Å². The van der Waals surface area contributed by atoms with Crippen molar-refractivity contribution < 1.29 is 62.6 Å². The van der Waals surface area contributed by atoms with Gasteiger partial charge in [-0.15, -0.1) is 5.69 Å². The summed E-state index contributed by atoms with van der Waals surface area (Å²) in [6, 6.07) is 5.34. The van der Waals surface area contributed by atoms with Gasteiger partial charge < -0.3 is 5.73 Å². The zero-order chi connectivity index (χ0) is 7.56. The summed E-state index contributed by atoms with van der Waals surface area (Å²) in [6.45, 7) is 0. The van der Waals surface area contributed by atoms with Gasteiger partial charge in [-0.2, -0.15) is 5.26 Å². The van der Waals surface area contributed by atoms with Gasteiger partial charge in [-0.05, 0) is 12.1 Å². The summed E-state index contributed by atoms with van der Waals surface area (Å²) >= 11 is 0. The Morgan fingerprint density at radius 3 is 2.55 bits per heavy atom. The van der Waals surface area contributed by atoms with Crippen molar-refractivity contribution in [3.8, 4) is 6.07 Å². The third-order valence-electron chi connectivity index (χ3n) is 1.09. The molecule has 1 aromatic carbocycles. The van der Waals surface area contributed by atoms with Crippen molar-refractivity contribution in [3.05, 3.63) is 35.3 Å². The van der Waals surface area contributed by atoms with Gasteiger partial charge in [0.05, 0.1) is 5.56 Å². The molecule has 0 aliphatic rings. The van der Waals surface area contributed by atoms with Crippen LogP contribution in [0.5, 0.6) is 0 Å². The van der Waals surface area contributed by atoms with E-state index in [1.54, 1.807) is 6.07 Å². The number of nitrogens with one attached hydrogen (secondary N) is 1. The van der Waals surface area contributed by atoms with E-state index in [0.717, 1.165) is 6.07 Å². The predicted molar refractivity (Wildman–Crippen MR) is 35.1 cm³/mol. The zero-order valence-electron chi connectivity index (χ0n) is 6.06. The Bertz CT molecular complexity index is 293. The minimum Gasteiger partial charge on any atom is -0.699 e. The fraction of sp³-hybridized carbons (Fsp3) is 0. The number of nitriles is 1. The molecule has 0 unspecified atom stereocenters.